The zero-order valence-corrected chi connectivity index (χ0v) is 34.4. The number of ether oxygens (including phenoxy) is 4. The second kappa shape index (κ2) is 30.7. The van der Waals surface area contributed by atoms with Gasteiger partial charge in [-0.15, -0.1) is 0 Å². The summed E-state index contributed by atoms with van der Waals surface area (Å²) in [5.41, 5.74) is 0. The summed E-state index contributed by atoms with van der Waals surface area (Å²) < 4.78 is 22.5. The van der Waals surface area contributed by atoms with Crippen molar-refractivity contribution in [2.75, 3.05) is 19.8 Å². The van der Waals surface area contributed by atoms with E-state index in [9.17, 15) is 45.6 Å². The molecule has 0 bridgehead atoms. The molecule has 0 aromatic rings. The number of aliphatic hydroxyl groups is 8. The normalized spacial score (nSPS) is 29.5. The molecule has 12 unspecified atom stereocenters. The fourth-order valence-corrected chi connectivity index (χ4v) is 7.29. The van der Waals surface area contributed by atoms with E-state index in [1.807, 2.05) is 0 Å². The molecule has 14 heteroatoms. The zero-order chi connectivity index (χ0) is 41.1. The van der Waals surface area contributed by atoms with Gasteiger partial charge < -0.3 is 65.1 Å². The largest absolute Gasteiger partial charge is 0.394 e. The molecule has 2 saturated heterocycles. The first kappa shape index (κ1) is 50.9. The number of aliphatic hydroxyl groups excluding tert-OH is 8. The van der Waals surface area contributed by atoms with E-state index in [2.05, 4.69) is 31.3 Å². The molecule has 0 aromatic heterocycles. The Bertz CT molecular complexity index is 1000. The third-order valence-corrected chi connectivity index (χ3v) is 11.0. The lowest BCUT2D eigenvalue weighted by atomic mass is 9.97. The molecular formula is C42H79NO13. The van der Waals surface area contributed by atoms with Gasteiger partial charge in [0, 0.05) is 6.42 Å². The smallest absolute Gasteiger partial charge is 0.220 e. The van der Waals surface area contributed by atoms with E-state index in [1.165, 1.54) is 64.2 Å². The number of amides is 1. The molecule has 12 atom stereocenters. The van der Waals surface area contributed by atoms with Gasteiger partial charge in [-0.25, -0.2) is 0 Å². The van der Waals surface area contributed by atoms with E-state index in [0.29, 0.717) is 12.8 Å². The Morgan fingerprint density at radius 3 is 1.70 bits per heavy atom. The van der Waals surface area contributed by atoms with Gasteiger partial charge in [-0.05, 0) is 38.5 Å². The van der Waals surface area contributed by atoms with Crippen LogP contribution < -0.4 is 5.32 Å². The van der Waals surface area contributed by atoms with Crippen LogP contribution in [-0.2, 0) is 23.7 Å². The minimum atomic E-state index is -1.78. The second-order valence-corrected chi connectivity index (χ2v) is 15.8. The molecule has 2 aliphatic rings. The Balaban J connectivity index is 1.80. The number of carbonyl (C=O) groups is 1. The van der Waals surface area contributed by atoms with E-state index in [0.717, 1.165) is 64.2 Å². The van der Waals surface area contributed by atoms with Crippen LogP contribution in [0.25, 0.3) is 0 Å². The monoisotopic (exact) mass is 806 g/mol. The average Bonchev–Trinajstić information content (AvgIpc) is 3.19. The van der Waals surface area contributed by atoms with Gasteiger partial charge in [-0.2, -0.15) is 0 Å². The number of allylic oxidation sites excluding steroid dienone is 2. The summed E-state index contributed by atoms with van der Waals surface area (Å²) in [6.07, 6.45) is 11.4. The molecule has 0 aliphatic carbocycles. The van der Waals surface area contributed by atoms with Gasteiger partial charge >= 0.3 is 0 Å². The third kappa shape index (κ3) is 19.2. The van der Waals surface area contributed by atoms with Crippen molar-refractivity contribution in [2.45, 2.75) is 229 Å². The van der Waals surface area contributed by atoms with Crippen molar-refractivity contribution in [3.63, 3.8) is 0 Å². The van der Waals surface area contributed by atoms with Gasteiger partial charge in [0.2, 0.25) is 5.91 Å². The Labute approximate surface area is 336 Å². The van der Waals surface area contributed by atoms with Crippen molar-refractivity contribution >= 4 is 5.91 Å². The van der Waals surface area contributed by atoms with Crippen LogP contribution in [0.15, 0.2) is 12.2 Å². The molecule has 14 nitrogen and oxygen atoms in total. The Hall–Kier alpha value is -1.27. The first-order valence-electron chi connectivity index (χ1n) is 21.9. The highest BCUT2D eigenvalue weighted by molar-refractivity contribution is 5.76. The Kier molecular flexibility index (Phi) is 27.9. The van der Waals surface area contributed by atoms with Gasteiger partial charge in [0.1, 0.15) is 48.8 Å². The van der Waals surface area contributed by atoms with Crippen molar-refractivity contribution in [2.24, 2.45) is 0 Å². The number of hydrogen-bond donors (Lipinski definition) is 9. The van der Waals surface area contributed by atoms with Gasteiger partial charge in [0.15, 0.2) is 12.6 Å². The summed E-state index contributed by atoms with van der Waals surface area (Å²) in [7, 11) is 0. The van der Waals surface area contributed by atoms with Gasteiger partial charge in [-0.3, -0.25) is 4.79 Å². The van der Waals surface area contributed by atoms with Crippen molar-refractivity contribution in [3.8, 4) is 0 Å². The molecule has 2 aliphatic heterocycles. The average molecular weight is 806 g/mol. The van der Waals surface area contributed by atoms with E-state index < -0.39 is 86.8 Å². The SMILES string of the molecule is CCCCCCCC/C=C\CCCCCCCCCC(=O)NC(COC1OC(CO)C(OC2OC(CO)C(O)C(O)C2O)C(O)C1O)C(O)CCCCCCC. The molecule has 0 radical (unpaired) electrons. The molecule has 1 amide bonds. The number of unbranched alkanes of at least 4 members (excludes halogenated alkanes) is 17. The standard InChI is InChI=1S/C42H79NO13/c1-3-5-7-9-10-11-12-13-14-15-16-17-18-19-20-22-24-26-34(47)43-30(31(46)25-23-21-8-6-4-2)29-53-41-39(52)37(50)40(33(28-45)55-41)56-42-38(51)36(49)35(48)32(27-44)54-42/h13-14,30-33,35-42,44-46,48-52H,3-12,15-29H2,1-2H3,(H,43,47)/b14-13-. The first-order valence-corrected chi connectivity index (χ1v) is 21.9. The molecule has 2 heterocycles. The van der Waals surface area contributed by atoms with Crippen LogP contribution in [0, 0.1) is 0 Å². The number of rotatable bonds is 32. The summed E-state index contributed by atoms with van der Waals surface area (Å²) in [5, 5.41) is 86.1. The molecule has 9 N–H and O–H groups in total. The maximum absolute atomic E-state index is 13.0. The predicted molar refractivity (Wildman–Crippen MR) is 212 cm³/mol. The van der Waals surface area contributed by atoms with Crippen LogP contribution >= 0.6 is 0 Å². The highest BCUT2D eigenvalue weighted by Gasteiger charge is 2.51. The summed E-state index contributed by atoms with van der Waals surface area (Å²) in [6.45, 7) is 2.72. The minimum Gasteiger partial charge on any atom is -0.394 e. The molecule has 56 heavy (non-hydrogen) atoms. The van der Waals surface area contributed by atoms with Crippen LogP contribution in [0.3, 0.4) is 0 Å². The van der Waals surface area contributed by atoms with Crippen molar-refractivity contribution in [1.82, 2.24) is 5.32 Å². The van der Waals surface area contributed by atoms with E-state index in [1.54, 1.807) is 0 Å². The molecule has 0 aromatic carbocycles. The van der Waals surface area contributed by atoms with Crippen LogP contribution in [0.4, 0.5) is 0 Å². The number of carbonyl (C=O) groups excluding carboxylic acids is 1. The highest BCUT2D eigenvalue weighted by Crippen LogP contribution is 2.30. The van der Waals surface area contributed by atoms with Crippen molar-refractivity contribution in [3.05, 3.63) is 12.2 Å². The van der Waals surface area contributed by atoms with Crippen molar-refractivity contribution in [1.29, 1.82) is 0 Å². The van der Waals surface area contributed by atoms with Gasteiger partial charge in [0.25, 0.3) is 0 Å². The lowest BCUT2D eigenvalue weighted by Gasteiger charge is -2.46. The van der Waals surface area contributed by atoms with E-state index in [4.69, 9.17) is 18.9 Å². The molecule has 0 saturated carbocycles. The van der Waals surface area contributed by atoms with Crippen LogP contribution in [0.2, 0.25) is 0 Å². The third-order valence-electron chi connectivity index (χ3n) is 11.0. The molecule has 330 valence electrons. The molecule has 0 spiro atoms. The lowest BCUT2D eigenvalue weighted by molar-refractivity contribution is -0.359. The lowest BCUT2D eigenvalue weighted by Crippen LogP contribution is -2.65. The summed E-state index contributed by atoms with van der Waals surface area (Å²) in [5.74, 6) is -0.220. The predicted octanol–water partition coefficient (Wildman–Crippen LogP) is 3.65. The zero-order valence-electron chi connectivity index (χ0n) is 34.4. The highest BCUT2D eigenvalue weighted by atomic mass is 16.7. The van der Waals surface area contributed by atoms with Gasteiger partial charge in [-0.1, -0.05) is 122 Å². The maximum atomic E-state index is 13.0. The number of nitrogens with one attached hydrogen (secondary N) is 1. The minimum absolute atomic E-state index is 0.220. The quantitative estimate of drug-likeness (QED) is 0.0350. The van der Waals surface area contributed by atoms with E-state index in [-0.39, 0.29) is 12.5 Å². The fraction of sp³-hybridized carbons (Fsp3) is 0.929. The fourth-order valence-electron chi connectivity index (χ4n) is 7.29. The summed E-state index contributed by atoms with van der Waals surface area (Å²) in [6, 6.07) is -0.822. The molecule has 2 fully saturated rings. The maximum Gasteiger partial charge on any atom is 0.220 e. The second-order valence-electron chi connectivity index (χ2n) is 15.8. The number of hydrogen-bond acceptors (Lipinski definition) is 13. The van der Waals surface area contributed by atoms with Crippen LogP contribution in [0.1, 0.15) is 155 Å². The van der Waals surface area contributed by atoms with Crippen LogP contribution in [0.5, 0.6) is 0 Å². The first-order chi connectivity index (χ1) is 27.1. The van der Waals surface area contributed by atoms with Gasteiger partial charge in [0.05, 0.1) is 32.0 Å². The Morgan fingerprint density at radius 1 is 0.625 bits per heavy atom. The molecular weight excluding hydrogens is 726 g/mol. The summed E-state index contributed by atoms with van der Waals surface area (Å²) in [4.78, 5) is 13.0. The van der Waals surface area contributed by atoms with Crippen molar-refractivity contribution < 1.29 is 64.6 Å². The Morgan fingerprint density at radius 2 is 1.12 bits per heavy atom. The van der Waals surface area contributed by atoms with Crippen LogP contribution in [-0.4, -0.2) is 140 Å². The topological polar surface area (TPSA) is 228 Å². The molecule has 2 rings (SSSR count). The van der Waals surface area contributed by atoms with E-state index >= 15 is 0 Å². The summed E-state index contributed by atoms with van der Waals surface area (Å²) >= 11 is 0.